The molecule has 2 aliphatic rings. The van der Waals surface area contributed by atoms with Crippen LogP contribution in [0.25, 0.3) is 0 Å². The predicted octanol–water partition coefficient (Wildman–Crippen LogP) is 3.75. The zero-order valence-electron chi connectivity index (χ0n) is 12.2. The van der Waals surface area contributed by atoms with Gasteiger partial charge in [-0.05, 0) is 82.2 Å². The predicted molar refractivity (Wildman–Crippen MR) is 78.8 cm³/mol. The molecular formula is C17H25NO. The maximum atomic E-state index is 6.34. The maximum absolute atomic E-state index is 6.34. The van der Waals surface area contributed by atoms with Crippen LogP contribution in [0, 0.1) is 13.8 Å². The third-order valence-electron chi connectivity index (χ3n) is 4.67. The van der Waals surface area contributed by atoms with Gasteiger partial charge in [-0.1, -0.05) is 6.07 Å². The lowest BCUT2D eigenvalue weighted by molar-refractivity contribution is -0.0143. The Bertz CT molecular complexity index is 447. The van der Waals surface area contributed by atoms with E-state index in [0.29, 0.717) is 0 Å². The highest BCUT2D eigenvalue weighted by atomic mass is 16.5. The molecule has 104 valence electrons. The van der Waals surface area contributed by atoms with Crippen LogP contribution in [0.15, 0.2) is 18.2 Å². The van der Waals surface area contributed by atoms with Gasteiger partial charge in [-0.25, -0.2) is 0 Å². The molecule has 0 amide bonds. The Kier molecular flexibility index (Phi) is 3.53. The van der Waals surface area contributed by atoms with Crippen molar-refractivity contribution in [2.45, 2.75) is 64.0 Å². The number of rotatable bonds is 6. The Morgan fingerprint density at radius 3 is 2.58 bits per heavy atom. The van der Waals surface area contributed by atoms with Crippen LogP contribution >= 0.6 is 0 Å². The van der Waals surface area contributed by atoms with Gasteiger partial charge >= 0.3 is 0 Å². The second-order valence-corrected chi connectivity index (χ2v) is 6.36. The Labute approximate surface area is 116 Å². The van der Waals surface area contributed by atoms with Crippen LogP contribution in [0.4, 0.5) is 0 Å². The minimum absolute atomic E-state index is 0.115. The summed E-state index contributed by atoms with van der Waals surface area (Å²) in [4.78, 5) is 0. The minimum atomic E-state index is 0.115. The van der Waals surface area contributed by atoms with Crippen LogP contribution in [-0.4, -0.2) is 18.2 Å². The van der Waals surface area contributed by atoms with E-state index in [0.717, 1.165) is 24.8 Å². The van der Waals surface area contributed by atoms with Crippen molar-refractivity contribution >= 4 is 0 Å². The minimum Gasteiger partial charge on any atom is -0.487 e. The molecule has 2 saturated carbocycles. The van der Waals surface area contributed by atoms with Crippen LogP contribution < -0.4 is 10.1 Å². The summed E-state index contributed by atoms with van der Waals surface area (Å²) in [6, 6.07) is 7.28. The number of aryl methyl sites for hydroxylation is 2. The monoisotopic (exact) mass is 259 g/mol. The van der Waals surface area contributed by atoms with Crippen LogP contribution in [-0.2, 0) is 0 Å². The van der Waals surface area contributed by atoms with Gasteiger partial charge in [0.1, 0.15) is 11.4 Å². The lowest BCUT2D eigenvalue weighted by atomic mass is 9.77. The van der Waals surface area contributed by atoms with Crippen molar-refractivity contribution in [2.24, 2.45) is 0 Å². The molecule has 1 aromatic carbocycles. The smallest absolute Gasteiger partial charge is 0.120 e. The fourth-order valence-electron chi connectivity index (χ4n) is 2.79. The quantitative estimate of drug-likeness (QED) is 0.840. The number of hydrogen-bond donors (Lipinski definition) is 1. The summed E-state index contributed by atoms with van der Waals surface area (Å²) in [5, 5.41) is 3.61. The molecule has 0 spiro atoms. The SMILES string of the molecule is Cc1ccc(OC2(CCNC3CC3)CCC2)cc1C. The summed E-state index contributed by atoms with van der Waals surface area (Å²) >= 11 is 0. The molecule has 0 bridgehead atoms. The molecule has 3 rings (SSSR count). The molecule has 2 nitrogen and oxygen atoms in total. The highest BCUT2D eigenvalue weighted by Gasteiger charge is 2.39. The second-order valence-electron chi connectivity index (χ2n) is 6.36. The van der Waals surface area contributed by atoms with E-state index in [1.54, 1.807) is 0 Å². The highest BCUT2D eigenvalue weighted by molar-refractivity contribution is 5.34. The van der Waals surface area contributed by atoms with Crippen molar-refractivity contribution in [3.8, 4) is 5.75 Å². The molecule has 0 atom stereocenters. The van der Waals surface area contributed by atoms with Gasteiger partial charge in [0.15, 0.2) is 0 Å². The average molecular weight is 259 g/mol. The van der Waals surface area contributed by atoms with Gasteiger partial charge in [0.25, 0.3) is 0 Å². The van der Waals surface area contributed by atoms with Gasteiger partial charge < -0.3 is 10.1 Å². The summed E-state index contributed by atoms with van der Waals surface area (Å²) in [5.41, 5.74) is 2.78. The van der Waals surface area contributed by atoms with Crippen LogP contribution in [0.5, 0.6) is 5.75 Å². The first-order valence-electron chi connectivity index (χ1n) is 7.67. The van der Waals surface area contributed by atoms with Crippen LogP contribution in [0.3, 0.4) is 0 Å². The van der Waals surface area contributed by atoms with Crippen molar-refractivity contribution in [3.63, 3.8) is 0 Å². The lowest BCUT2D eigenvalue weighted by Gasteiger charge is -2.42. The maximum Gasteiger partial charge on any atom is 0.120 e. The highest BCUT2D eigenvalue weighted by Crippen LogP contribution is 2.39. The molecule has 2 aliphatic carbocycles. The number of hydrogen-bond acceptors (Lipinski definition) is 2. The second kappa shape index (κ2) is 5.16. The number of ether oxygens (including phenoxy) is 1. The van der Waals surface area contributed by atoms with Gasteiger partial charge in [0.05, 0.1) is 0 Å². The van der Waals surface area contributed by atoms with E-state index in [-0.39, 0.29) is 5.60 Å². The van der Waals surface area contributed by atoms with Crippen LogP contribution in [0.2, 0.25) is 0 Å². The van der Waals surface area contributed by atoms with Crippen molar-refractivity contribution in [1.82, 2.24) is 5.32 Å². The van der Waals surface area contributed by atoms with Crippen LogP contribution in [0.1, 0.15) is 49.7 Å². The number of benzene rings is 1. The van der Waals surface area contributed by atoms with E-state index >= 15 is 0 Å². The molecule has 0 heterocycles. The third-order valence-corrected chi connectivity index (χ3v) is 4.67. The first kappa shape index (κ1) is 13.0. The molecular weight excluding hydrogens is 234 g/mol. The fraction of sp³-hybridized carbons (Fsp3) is 0.647. The molecule has 0 unspecified atom stereocenters. The zero-order valence-corrected chi connectivity index (χ0v) is 12.2. The van der Waals surface area contributed by atoms with Crippen molar-refractivity contribution in [1.29, 1.82) is 0 Å². The molecule has 1 N–H and O–H groups in total. The van der Waals surface area contributed by atoms with Crippen molar-refractivity contribution < 1.29 is 4.74 Å². The summed E-state index contributed by atoms with van der Waals surface area (Å²) in [7, 11) is 0. The van der Waals surface area contributed by atoms with Gasteiger partial charge in [0, 0.05) is 6.04 Å². The molecule has 1 aromatic rings. The topological polar surface area (TPSA) is 21.3 Å². The van der Waals surface area contributed by atoms with Crippen molar-refractivity contribution in [3.05, 3.63) is 29.3 Å². The molecule has 2 fully saturated rings. The first-order chi connectivity index (χ1) is 9.17. The van der Waals surface area contributed by atoms with Crippen molar-refractivity contribution in [2.75, 3.05) is 6.54 Å². The Balaban J connectivity index is 1.59. The molecule has 0 radical (unpaired) electrons. The normalized spacial score (nSPS) is 20.9. The summed E-state index contributed by atoms with van der Waals surface area (Å²) in [6.07, 6.45) is 7.62. The van der Waals surface area contributed by atoms with E-state index in [9.17, 15) is 0 Å². The van der Waals surface area contributed by atoms with Gasteiger partial charge in [-0.3, -0.25) is 0 Å². The van der Waals surface area contributed by atoms with E-state index in [1.165, 1.54) is 43.2 Å². The molecule has 2 heteroatoms. The van der Waals surface area contributed by atoms with E-state index in [2.05, 4.69) is 37.4 Å². The zero-order chi connectivity index (χ0) is 13.3. The molecule has 19 heavy (non-hydrogen) atoms. The summed E-state index contributed by atoms with van der Waals surface area (Å²) in [5.74, 6) is 1.05. The largest absolute Gasteiger partial charge is 0.487 e. The summed E-state index contributed by atoms with van der Waals surface area (Å²) < 4.78 is 6.34. The molecule has 0 aromatic heterocycles. The average Bonchev–Trinajstić information content (AvgIpc) is 3.14. The van der Waals surface area contributed by atoms with E-state index < -0.39 is 0 Å². The standard InChI is InChI=1S/C17H25NO/c1-13-4-7-16(12-14(13)2)19-17(8-3-9-17)10-11-18-15-5-6-15/h4,7,12,15,18H,3,5-6,8-11H2,1-2H3. The van der Waals surface area contributed by atoms with Gasteiger partial charge in [-0.15, -0.1) is 0 Å². The molecule has 0 aliphatic heterocycles. The fourth-order valence-corrected chi connectivity index (χ4v) is 2.79. The Hall–Kier alpha value is -1.02. The van der Waals surface area contributed by atoms with Gasteiger partial charge in [-0.2, -0.15) is 0 Å². The summed E-state index contributed by atoms with van der Waals surface area (Å²) in [6.45, 7) is 5.41. The lowest BCUT2D eigenvalue weighted by Crippen LogP contribution is -2.45. The Morgan fingerprint density at radius 1 is 1.21 bits per heavy atom. The van der Waals surface area contributed by atoms with E-state index in [4.69, 9.17) is 4.74 Å². The first-order valence-corrected chi connectivity index (χ1v) is 7.67. The van der Waals surface area contributed by atoms with Gasteiger partial charge in [0.2, 0.25) is 0 Å². The third kappa shape index (κ3) is 3.11. The van der Waals surface area contributed by atoms with E-state index in [1.807, 2.05) is 0 Å². The Morgan fingerprint density at radius 2 is 2.00 bits per heavy atom. The molecule has 0 saturated heterocycles. The number of nitrogens with one attached hydrogen (secondary N) is 1.